The average molecular weight is 307 g/mol. The molecule has 0 aliphatic heterocycles. The zero-order valence-corrected chi connectivity index (χ0v) is 12.6. The van der Waals surface area contributed by atoms with E-state index in [4.69, 9.17) is 17.3 Å². The fourth-order valence-corrected chi connectivity index (χ4v) is 2.15. The Morgan fingerprint density at radius 3 is 2.62 bits per heavy atom. The summed E-state index contributed by atoms with van der Waals surface area (Å²) in [5.74, 6) is -1.12. The summed E-state index contributed by atoms with van der Waals surface area (Å²) >= 11 is 6.07. The number of carbonyl (C=O) groups is 1. The van der Waals surface area contributed by atoms with E-state index in [1.165, 1.54) is 0 Å². The molecule has 0 heterocycles. The van der Waals surface area contributed by atoms with Crippen LogP contribution < -0.4 is 11.1 Å². The molecule has 0 saturated carbocycles. The van der Waals surface area contributed by atoms with Crippen molar-refractivity contribution >= 4 is 23.2 Å². The quantitative estimate of drug-likeness (QED) is 0.902. The monoisotopic (exact) mass is 306 g/mol. The first-order valence-corrected chi connectivity index (χ1v) is 6.85. The maximum Gasteiger partial charge on any atom is 0.248 e. The van der Waals surface area contributed by atoms with Crippen LogP contribution in [0.2, 0.25) is 5.02 Å². The Morgan fingerprint density at radius 1 is 1.29 bits per heavy atom. The maximum absolute atomic E-state index is 13.8. The molecular weight excluding hydrogens is 291 g/mol. The van der Waals surface area contributed by atoms with E-state index in [0.29, 0.717) is 22.8 Å². The number of hydrogen-bond acceptors (Lipinski definition) is 2. The van der Waals surface area contributed by atoms with Crippen molar-refractivity contribution in [3.05, 3.63) is 63.4 Å². The summed E-state index contributed by atoms with van der Waals surface area (Å²) in [7, 11) is 0. The molecule has 0 aliphatic carbocycles. The lowest BCUT2D eigenvalue weighted by Crippen LogP contribution is -2.13. The number of carbonyl (C=O) groups excluding carboxylic acids is 1. The molecule has 0 unspecified atom stereocenters. The number of anilines is 1. The Morgan fingerprint density at radius 2 is 2.00 bits per heavy atom. The third-order valence-corrected chi connectivity index (χ3v) is 3.76. The molecule has 2 rings (SSSR count). The van der Waals surface area contributed by atoms with Crippen LogP contribution in [-0.2, 0) is 6.54 Å². The molecule has 3 N–H and O–H groups in total. The SMILES string of the molecule is Cc1ccc(CNc2cc(C(N)=O)cc(F)c2C)cc1Cl. The van der Waals surface area contributed by atoms with Gasteiger partial charge in [0.1, 0.15) is 5.82 Å². The van der Waals surface area contributed by atoms with Crippen LogP contribution in [0.15, 0.2) is 30.3 Å². The zero-order valence-electron chi connectivity index (χ0n) is 11.8. The highest BCUT2D eigenvalue weighted by Crippen LogP contribution is 2.22. The first-order chi connectivity index (χ1) is 9.88. The minimum absolute atomic E-state index is 0.141. The van der Waals surface area contributed by atoms with Crippen LogP contribution in [0.3, 0.4) is 0 Å². The van der Waals surface area contributed by atoms with Gasteiger partial charge in [0.05, 0.1) is 0 Å². The lowest BCUT2D eigenvalue weighted by molar-refractivity contribution is 0.1000. The first-order valence-electron chi connectivity index (χ1n) is 6.47. The number of aryl methyl sites for hydroxylation is 1. The van der Waals surface area contributed by atoms with E-state index in [0.717, 1.165) is 17.2 Å². The molecule has 0 fully saturated rings. The van der Waals surface area contributed by atoms with Gasteiger partial charge < -0.3 is 11.1 Å². The van der Waals surface area contributed by atoms with E-state index < -0.39 is 11.7 Å². The normalized spacial score (nSPS) is 10.5. The van der Waals surface area contributed by atoms with Crippen molar-refractivity contribution in [1.82, 2.24) is 0 Å². The predicted molar refractivity (Wildman–Crippen MR) is 83.2 cm³/mol. The summed E-state index contributed by atoms with van der Waals surface area (Å²) in [5, 5.41) is 3.79. The van der Waals surface area contributed by atoms with Crippen LogP contribution in [0, 0.1) is 19.7 Å². The van der Waals surface area contributed by atoms with E-state index >= 15 is 0 Å². The van der Waals surface area contributed by atoms with Crippen molar-refractivity contribution in [1.29, 1.82) is 0 Å². The minimum Gasteiger partial charge on any atom is -0.381 e. The van der Waals surface area contributed by atoms with Crippen LogP contribution in [-0.4, -0.2) is 5.91 Å². The second-order valence-electron chi connectivity index (χ2n) is 4.93. The molecule has 1 amide bonds. The Bertz CT molecular complexity index is 701. The Hall–Kier alpha value is -2.07. The van der Waals surface area contributed by atoms with Gasteiger partial charge in [-0.1, -0.05) is 23.7 Å². The molecule has 0 spiro atoms. The minimum atomic E-state index is -0.657. The molecule has 0 aliphatic rings. The number of benzene rings is 2. The summed E-state index contributed by atoms with van der Waals surface area (Å²) in [6.45, 7) is 4.04. The summed E-state index contributed by atoms with van der Waals surface area (Å²) in [4.78, 5) is 11.2. The van der Waals surface area contributed by atoms with Crippen LogP contribution >= 0.6 is 11.6 Å². The highest BCUT2D eigenvalue weighted by molar-refractivity contribution is 6.31. The second-order valence-corrected chi connectivity index (χ2v) is 5.34. The van der Waals surface area contributed by atoms with Crippen molar-refractivity contribution in [3.8, 4) is 0 Å². The number of primary amides is 1. The number of halogens is 2. The van der Waals surface area contributed by atoms with Crippen molar-refractivity contribution < 1.29 is 9.18 Å². The highest BCUT2D eigenvalue weighted by atomic mass is 35.5. The number of nitrogens with one attached hydrogen (secondary N) is 1. The molecular formula is C16H16ClFN2O. The van der Waals surface area contributed by atoms with Crippen molar-refractivity contribution in [2.45, 2.75) is 20.4 Å². The van der Waals surface area contributed by atoms with Crippen LogP contribution in [0.25, 0.3) is 0 Å². The Kier molecular flexibility index (Phi) is 4.48. The summed E-state index contributed by atoms with van der Waals surface area (Å²) in [5.41, 5.74) is 8.29. The van der Waals surface area contributed by atoms with Gasteiger partial charge in [0, 0.05) is 28.4 Å². The van der Waals surface area contributed by atoms with Crippen LogP contribution in [0.4, 0.5) is 10.1 Å². The molecule has 21 heavy (non-hydrogen) atoms. The van der Waals surface area contributed by atoms with Crippen molar-refractivity contribution in [2.24, 2.45) is 5.73 Å². The maximum atomic E-state index is 13.8. The summed E-state index contributed by atoms with van der Waals surface area (Å²) in [6.07, 6.45) is 0. The van der Waals surface area contributed by atoms with Crippen molar-refractivity contribution in [3.63, 3.8) is 0 Å². The summed E-state index contributed by atoms with van der Waals surface area (Å²) in [6, 6.07) is 8.42. The molecule has 0 bridgehead atoms. The van der Waals surface area contributed by atoms with Gasteiger partial charge in [-0.2, -0.15) is 0 Å². The van der Waals surface area contributed by atoms with Crippen molar-refractivity contribution in [2.75, 3.05) is 5.32 Å². The molecule has 0 saturated heterocycles. The third kappa shape index (κ3) is 3.52. The number of rotatable bonds is 4. The van der Waals surface area contributed by atoms with Crippen LogP contribution in [0.5, 0.6) is 0 Å². The lowest BCUT2D eigenvalue weighted by atomic mass is 10.1. The molecule has 2 aromatic carbocycles. The molecule has 0 aromatic heterocycles. The molecule has 0 atom stereocenters. The van der Waals surface area contributed by atoms with Gasteiger partial charge in [-0.25, -0.2) is 4.39 Å². The summed E-state index contributed by atoms with van der Waals surface area (Å²) < 4.78 is 13.8. The molecule has 0 radical (unpaired) electrons. The molecule has 110 valence electrons. The van der Waals surface area contributed by atoms with Gasteiger partial charge in [0.15, 0.2) is 0 Å². The van der Waals surface area contributed by atoms with Gasteiger partial charge in [-0.05, 0) is 43.2 Å². The van der Waals surface area contributed by atoms with Gasteiger partial charge in [-0.15, -0.1) is 0 Å². The first kappa shape index (κ1) is 15.3. The smallest absolute Gasteiger partial charge is 0.248 e. The van der Waals surface area contributed by atoms with E-state index in [2.05, 4.69) is 5.32 Å². The van der Waals surface area contributed by atoms with Gasteiger partial charge in [0.2, 0.25) is 5.91 Å². The molecule has 3 nitrogen and oxygen atoms in total. The second kappa shape index (κ2) is 6.14. The lowest BCUT2D eigenvalue weighted by Gasteiger charge is -2.12. The van der Waals surface area contributed by atoms with E-state index in [9.17, 15) is 9.18 Å². The Balaban J connectivity index is 2.23. The molecule has 5 heteroatoms. The standard InChI is InChI=1S/C16H16ClFN2O/c1-9-3-4-11(5-13(9)17)8-20-15-7-12(16(19)21)6-14(18)10(15)2/h3-7,20H,8H2,1-2H3,(H2,19,21). The largest absolute Gasteiger partial charge is 0.381 e. The van der Waals surface area contributed by atoms with E-state index in [1.807, 2.05) is 25.1 Å². The third-order valence-electron chi connectivity index (χ3n) is 3.35. The van der Waals surface area contributed by atoms with Gasteiger partial charge in [0.25, 0.3) is 0 Å². The number of hydrogen-bond donors (Lipinski definition) is 2. The topological polar surface area (TPSA) is 55.1 Å². The van der Waals surface area contributed by atoms with Gasteiger partial charge in [-0.3, -0.25) is 4.79 Å². The number of amides is 1. The fourth-order valence-electron chi connectivity index (χ4n) is 1.95. The average Bonchev–Trinajstić information content (AvgIpc) is 2.43. The predicted octanol–water partition coefficient (Wildman–Crippen LogP) is 3.81. The zero-order chi connectivity index (χ0) is 15.6. The van der Waals surface area contributed by atoms with Gasteiger partial charge >= 0.3 is 0 Å². The van der Waals surface area contributed by atoms with E-state index in [1.54, 1.807) is 13.0 Å². The fraction of sp³-hybridized carbons (Fsp3) is 0.188. The van der Waals surface area contributed by atoms with Crippen LogP contribution in [0.1, 0.15) is 27.0 Å². The number of nitrogens with two attached hydrogens (primary N) is 1. The molecule has 2 aromatic rings. The van der Waals surface area contributed by atoms with E-state index in [-0.39, 0.29) is 5.56 Å². The highest BCUT2D eigenvalue weighted by Gasteiger charge is 2.10. The Labute approximate surface area is 127 Å².